The van der Waals surface area contributed by atoms with Crippen molar-refractivity contribution in [2.24, 2.45) is 0 Å². The molecule has 1 saturated carbocycles. The molecule has 1 amide bonds. The van der Waals surface area contributed by atoms with E-state index in [1.54, 1.807) is 0 Å². The average molecular weight is 244 g/mol. The predicted molar refractivity (Wildman–Crippen MR) is 70.8 cm³/mol. The Morgan fingerprint density at radius 1 is 1.50 bits per heavy atom. The Bertz CT molecular complexity index is 223. The average Bonchev–Trinajstić information content (AvgIpc) is 2.73. The van der Waals surface area contributed by atoms with Crippen molar-refractivity contribution in [3.05, 3.63) is 0 Å². The van der Waals surface area contributed by atoms with Crippen molar-refractivity contribution >= 4 is 17.7 Å². The van der Waals surface area contributed by atoms with Gasteiger partial charge < -0.3 is 10.6 Å². The van der Waals surface area contributed by atoms with Gasteiger partial charge in [-0.15, -0.1) is 0 Å². The molecule has 0 bridgehead atoms. The smallest absolute Gasteiger partial charge is 0.234 e. The molecular formula is C12H24N2OS. The third-order valence-corrected chi connectivity index (χ3v) is 4.49. The Morgan fingerprint density at radius 3 is 2.88 bits per heavy atom. The van der Waals surface area contributed by atoms with Crippen LogP contribution in [0.15, 0.2) is 0 Å². The van der Waals surface area contributed by atoms with Gasteiger partial charge in [0.25, 0.3) is 0 Å². The first kappa shape index (κ1) is 13.8. The highest BCUT2D eigenvalue weighted by Gasteiger charge is 2.27. The zero-order chi connectivity index (χ0) is 12.0. The Kier molecular flexibility index (Phi) is 6.21. The monoisotopic (exact) mass is 244 g/mol. The molecule has 0 radical (unpaired) electrons. The highest BCUT2D eigenvalue weighted by Crippen LogP contribution is 2.28. The van der Waals surface area contributed by atoms with Gasteiger partial charge in [-0.2, -0.15) is 11.8 Å². The molecule has 1 aliphatic carbocycles. The SMILES string of the molecule is CCC(C)NCC(=O)NC1CCCC1SC. The predicted octanol–water partition coefficient (Wildman–Crippen LogP) is 1.77. The summed E-state index contributed by atoms with van der Waals surface area (Å²) in [5, 5.41) is 6.98. The summed E-state index contributed by atoms with van der Waals surface area (Å²) in [6, 6.07) is 0.812. The van der Waals surface area contributed by atoms with Crippen LogP contribution in [0.2, 0.25) is 0 Å². The van der Waals surface area contributed by atoms with E-state index in [-0.39, 0.29) is 5.91 Å². The van der Waals surface area contributed by atoms with E-state index in [1.165, 1.54) is 12.8 Å². The summed E-state index contributed by atoms with van der Waals surface area (Å²) in [5.74, 6) is 0.145. The Balaban J connectivity index is 2.23. The maximum Gasteiger partial charge on any atom is 0.234 e. The molecule has 94 valence electrons. The molecule has 0 aromatic rings. The maximum atomic E-state index is 11.7. The molecule has 0 aliphatic heterocycles. The first-order valence-electron chi connectivity index (χ1n) is 6.23. The largest absolute Gasteiger partial charge is 0.351 e. The minimum Gasteiger partial charge on any atom is -0.351 e. The van der Waals surface area contributed by atoms with Gasteiger partial charge in [0.2, 0.25) is 5.91 Å². The van der Waals surface area contributed by atoms with Crippen molar-refractivity contribution in [2.45, 2.75) is 56.9 Å². The second-order valence-electron chi connectivity index (χ2n) is 4.57. The van der Waals surface area contributed by atoms with E-state index in [1.807, 2.05) is 11.8 Å². The zero-order valence-corrected chi connectivity index (χ0v) is 11.4. The van der Waals surface area contributed by atoms with Crippen molar-refractivity contribution in [1.82, 2.24) is 10.6 Å². The standard InChI is InChI=1S/C12H24N2OS/c1-4-9(2)13-8-12(15)14-10-6-5-7-11(10)16-3/h9-11,13H,4-8H2,1-3H3,(H,14,15). The van der Waals surface area contributed by atoms with Crippen molar-refractivity contribution in [2.75, 3.05) is 12.8 Å². The minimum atomic E-state index is 0.145. The van der Waals surface area contributed by atoms with Crippen molar-refractivity contribution in [3.8, 4) is 0 Å². The lowest BCUT2D eigenvalue weighted by Crippen LogP contribution is -2.44. The van der Waals surface area contributed by atoms with Gasteiger partial charge >= 0.3 is 0 Å². The molecule has 3 unspecified atom stereocenters. The van der Waals surface area contributed by atoms with E-state index >= 15 is 0 Å². The lowest BCUT2D eigenvalue weighted by molar-refractivity contribution is -0.121. The van der Waals surface area contributed by atoms with Crippen LogP contribution >= 0.6 is 11.8 Å². The number of thioether (sulfide) groups is 1. The molecule has 16 heavy (non-hydrogen) atoms. The number of hydrogen-bond donors (Lipinski definition) is 2. The van der Waals surface area contributed by atoms with Crippen LogP contribution < -0.4 is 10.6 Å². The van der Waals surface area contributed by atoms with Gasteiger partial charge in [-0.25, -0.2) is 0 Å². The normalized spacial score (nSPS) is 26.7. The third kappa shape index (κ3) is 4.34. The molecule has 0 spiro atoms. The van der Waals surface area contributed by atoms with Crippen LogP contribution in [-0.4, -0.2) is 36.0 Å². The van der Waals surface area contributed by atoms with Crippen LogP contribution in [0, 0.1) is 0 Å². The molecule has 1 aliphatic rings. The van der Waals surface area contributed by atoms with E-state index in [2.05, 4.69) is 30.7 Å². The fourth-order valence-corrected chi connectivity index (χ4v) is 2.98. The summed E-state index contributed by atoms with van der Waals surface area (Å²) in [4.78, 5) is 11.7. The van der Waals surface area contributed by atoms with E-state index in [9.17, 15) is 4.79 Å². The maximum absolute atomic E-state index is 11.7. The lowest BCUT2D eigenvalue weighted by Gasteiger charge is -2.20. The second-order valence-corrected chi connectivity index (χ2v) is 5.65. The fourth-order valence-electron chi connectivity index (χ4n) is 2.04. The molecule has 0 aromatic carbocycles. The fraction of sp³-hybridized carbons (Fsp3) is 0.917. The number of amides is 1. The number of hydrogen-bond acceptors (Lipinski definition) is 3. The van der Waals surface area contributed by atoms with Gasteiger partial charge in [0.1, 0.15) is 0 Å². The van der Waals surface area contributed by atoms with Crippen molar-refractivity contribution in [1.29, 1.82) is 0 Å². The quantitative estimate of drug-likeness (QED) is 0.748. The first-order valence-corrected chi connectivity index (χ1v) is 7.51. The molecule has 4 heteroatoms. The van der Waals surface area contributed by atoms with Crippen molar-refractivity contribution < 1.29 is 4.79 Å². The number of nitrogens with one attached hydrogen (secondary N) is 2. The molecule has 1 rings (SSSR count). The first-order chi connectivity index (χ1) is 7.67. The Labute approximate surface area is 103 Å². The molecular weight excluding hydrogens is 220 g/mol. The molecule has 0 heterocycles. The van der Waals surface area contributed by atoms with E-state index in [0.717, 1.165) is 12.8 Å². The van der Waals surface area contributed by atoms with E-state index < -0.39 is 0 Å². The zero-order valence-electron chi connectivity index (χ0n) is 10.6. The molecule has 3 atom stereocenters. The highest BCUT2D eigenvalue weighted by molar-refractivity contribution is 7.99. The number of carbonyl (C=O) groups excluding carboxylic acids is 1. The lowest BCUT2D eigenvalue weighted by atomic mass is 10.2. The van der Waals surface area contributed by atoms with Gasteiger partial charge in [-0.3, -0.25) is 4.79 Å². The molecule has 0 aromatic heterocycles. The van der Waals surface area contributed by atoms with Gasteiger partial charge in [-0.05, 0) is 32.4 Å². The number of rotatable bonds is 6. The third-order valence-electron chi connectivity index (χ3n) is 3.33. The second kappa shape index (κ2) is 7.17. The Morgan fingerprint density at radius 2 is 2.25 bits per heavy atom. The van der Waals surface area contributed by atoms with Gasteiger partial charge in [0.05, 0.1) is 6.54 Å². The Hall–Kier alpha value is -0.220. The van der Waals surface area contributed by atoms with E-state index in [4.69, 9.17) is 0 Å². The molecule has 2 N–H and O–H groups in total. The summed E-state index contributed by atoms with van der Waals surface area (Å²) < 4.78 is 0. The highest BCUT2D eigenvalue weighted by atomic mass is 32.2. The molecule has 3 nitrogen and oxygen atoms in total. The molecule has 1 fully saturated rings. The van der Waals surface area contributed by atoms with Gasteiger partial charge in [0.15, 0.2) is 0 Å². The van der Waals surface area contributed by atoms with Crippen LogP contribution in [0.25, 0.3) is 0 Å². The molecule has 0 saturated heterocycles. The summed E-state index contributed by atoms with van der Waals surface area (Å²) >= 11 is 1.88. The van der Waals surface area contributed by atoms with Gasteiger partial charge in [-0.1, -0.05) is 13.3 Å². The van der Waals surface area contributed by atoms with Crippen LogP contribution in [0.5, 0.6) is 0 Å². The topological polar surface area (TPSA) is 41.1 Å². The van der Waals surface area contributed by atoms with Crippen molar-refractivity contribution in [3.63, 3.8) is 0 Å². The van der Waals surface area contributed by atoms with Crippen LogP contribution in [-0.2, 0) is 4.79 Å². The van der Waals surface area contributed by atoms with Crippen LogP contribution in [0.4, 0.5) is 0 Å². The van der Waals surface area contributed by atoms with Crippen LogP contribution in [0.3, 0.4) is 0 Å². The van der Waals surface area contributed by atoms with Crippen LogP contribution in [0.1, 0.15) is 39.5 Å². The summed E-state index contributed by atoms with van der Waals surface area (Å²) in [6.45, 7) is 4.68. The summed E-state index contributed by atoms with van der Waals surface area (Å²) in [7, 11) is 0. The number of carbonyl (C=O) groups is 1. The minimum absolute atomic E-state index is 0.145. The summed E-state index contributed by atoms with van der Waals surface area (Å²) in [5.41, 5.74) is 0. The summed E-state index contributed by atoms with van der Waals surface area (Å²) in [6.07, 6.45) is 6.82. The van der Waals surface area contributed by atoms with Gasteiger partial charge in [0, 0.05) is 17.3 Å². The van der Waals surface area contributed by atoms with E-state index in [0.29, 0.717) is 23.9 Å².